The highest BCUT2D eigenvalue weighted by molar-refractivity contribution is 9.10. The molecule has 0 amide bonds. The standard InChI is InChI=1S/C12H16BrNO4S/c1-2-3-9(12(15)16)8-14-19(17,18)11-6-4-10(13)5-7-11/h4-7,9,14H,2-3,8H2,1H3,(H,15,16). The Balaban J connectivity index is 2.74. The summed E-state index contributed by atoms with van der Waals surface area (Å²) < 4.78 is 27.0. The largest absolute Gasteiger partial charge is 0.481 e. The molecule has 0 saturated heterocycles. The van der Waals surface area contributed by atoms with Crippen LogP contribution in [0.5, 0.6) is 0 Å². The lowest BCUT2D eigenvalue weighted by Crippen LogP contribution is -2.32. The first-order valence-electron chi connectivity index (χ1n) is 5.85. The first-order valence-corrected chi connectivity index (χ1v) is 8.12. The molecular formula is C12H16BrNO4S. The summed E-state index contributed by atoms with van der Waals surface area (Å²) in [4.78, 5) is 11.1. The van der Waals surface area contributed by atoms with Crippen molar-refractivity contribution >= 4 is 31.9 Å². The molecule has 7 heteroatoms. The Morgan fingerprint density at radius 2 is 1.95 bits per heavy atom. The number of hydrogen-bond donors (Lipinski definition) is 2. The van der Waals surface area contributed by atoms with Crippen LogP contribution in [0.25, 0.3) is 0 Å². The van der Waals surface area contributed by atoms with Crippen molar-refractivity contribution in [3.63, 3.8) is 0 Å². The maximum absolute atomic E-state index is 12.0. The molecule has 0 fully saturated rings. The summed E-state index contributed by atoms with van der Waals surface area (Å²) in [5.41, 5.74) is 0. The molecule has 0 saturated carbocycles. The highest BCUT2D eigenvalue weighted by atomic mass is 79.9. The van der Waals surface area contributed by atoms with Crippen molar-refractivity contribution in [2.75, 3.05) is 6.54 Å². The molecular weight excluding hydrogens is 334 g/mol. The Morgan fingerprint density at radius 1 is 1.37 bits per heavy atom. The maximum Gasteiger partial charge on any atom is 0.307 e. The van der Waals surface area contributed by atoms with Crippen LogP contribution in [-0.4, -0.2) is 26.0 Å². The minimum absolute atomic E-state index is 0.0957. The monoisotopic (exact) mass is 349 g/mol. The molecule has 1 atom stereocenters. The summed E-state index contributed by atoms with van der Waals surface area (Å²) in [5, 5.41) is 8.97. The number of carboxylic acids is 1. The van der Waals surface area contributed by atoms with Crippen LogP contribution in [-0.2, 0) is 14.8 Å². The van der Waals surface area contributed by atoms with E-state index in [4.69, 9.17) is 5.11 Å². The van der Waals surface area contributed by atoms with Crippen molar-refractivity contribution in [3.05, 3.63) is 28.7 Å². The molecule has 0 aromatic heterocycles. The van der Waals surface area contributed by atoms with Crippen molar-refractivity contribution in [1.82, 2.24) is 4.72 Å². The quantitative estimate of drug-likeness (QED) is 0.790. The average molecular weight is 350 g/mol. The van der Waals surface area contributed by atoms with Gasteiger partial charge in [-0.3, -0.25) is 4.79 Å². The fraction of sp³-hybridized carbons (Fsp3) is 0.417. The van der Waals surface area contributed by atoms with E-state index in [1.54, 1.807) is 12.1 Å². The SMILES string of the molecule is CCCC(CNS(=O)(=O)c1ccc(Br)cc1)C(=O)O. The van der Waals surface area contributed by atoms with E-state index in [2.05, 4.69) is 20.7 Å². The van der Waals surface area contributed by atoms with E-state index in [9.17, 15) is 13.2 Å². The van der Waals surface area contributed by atoms with Gasteiger partial charge in [0.05, 0.1) is 10.8 Å². The number of benzene rings is 1. The predicted molar refractivity (Wildman–Crippen MR) is 75.4 cm³/mol. The number of rotatable bonds is 7. The van der Waals surface area contributed by atoms with Gasteiger partial charge in [-0.2, -0.15) is 0 Å². The minimum atomic E-state index is -3.66. The Kier molecular flexibility index (Phi) is 5.96. The fourth-order valence-corrected chi connectivity index (χ4v) is 2.91. The Hall–Kier alpha value is -0.920. The molecule has 19 heavy (non-hydrogen) atoms. The molecule has 1 rings (SSSR count). The summed E-state index contributed by atoms with van der Waals surface area (Å²) in [6.07, 6.45) is 1.13. The molecule has 0 aliphatic heterocycles. The van der Waals surface area contributed by atoms with Gasteiger partial charge in [-0.25, -0.2) is 13.1 Å². The molecule has 1 unspecified atom stereocenters. The van der Waals surface area contributed by atoms with Crippen LogP contribution in [0, 0.1) is 5.92 Å². The third-order valence-electron chi connectivity index (χ3n) is 2.63. The lowest BCUT2D eigenvalue weighted by atomic mass is 10.1. The average Bonchev–Trinajstić information content (AvgIpc) is 2.34. The van der Waals surface area contributed by atoms with Gasteiger partial charge in [0.2, 0.25) is 10.0 Å². The number of nitrogens with one attached hydrogen (secondary N) is 1. The smallest absolute Gasteiger partial charge is 0.307 e. The lowest BCUT2D eigenvalue weighted by molar-refractivity contribution is -0.141. The second-order valence-electron chi connectivity index (χ2n) is 4.13. The second-order valence-corrected chi connectivity index (χ2v) is 6.81. The molecule has 0 aliphatic carbocycles. The summed E-state index contributed by atoms with van der Waals surface area (Å²) >= 11 is 3.22. The molecule has 0 heterocycles. The lowest BCUT2D eigenvalue weighted by Gasteiger charge is -2.12. The first-order chi connectivity index (χ1) is 8.86. The van der Waals surface area contributed by atoms with E-state index >= 15 is 0 Å². The van der Waals surface area contributed by atoms with Crippen molar-refractivity contribution in [2.45, 2.75) is 24.7 Å². The van der Waals surface area contributed by atoms with Gasteiger partial charge in [0, 0.05) is 11.0 Å². The van der Waals surface area contributed by atoms with Crippen molar-refractivity contribution in [3.8, 4) is 0 Å². The van der Waals surface area contributed by atoms with Crippen LogP contribution in [0.15, 0.2) is 33.6 Å². The predicted octanol–water partition coefficient (Wildman–Crippen LogP) is 2.23. The zero-order valence-corrected chi connectivity index (χ0v) is 12.9. The van der Waals surface area contributed by atoms with Gasteiger partial charge < -0.3 is 5.11 Å². The summed E-state index contributed by atoms with van der Waals surface area (Å²) in [6, 6.07) is 6.16. The molecule has 0 aliphatic rings. The first kappa shape index (κ1) is 16.1. The molecule has 2 N–H and O–H groups in total. The number of hydrogen-bond acceptors (Lipinski definition) is 3. The Labute approximate surface area is 121 Å². The van der Waals surface area contributed by atoms with Gasteiger partial charge in [0.1, 0.15) is 0 Å². The van der Waals surface area contributed by atoms with Crippen LogP contribution < -0.4 is 4.72 Å². The molecule has 1 aromatic rings. The van der Waals surface area contributed by atoms with Crippen molar-refractivity contribution in [2.24, 2.45) is 5.92 Å². The van der Waals surface area contributed by atoms with Gasteiger partial charge in [0.25, 0.3) is 0 Å². The van der Waals surface area contributed by atoms with Gasteiger partial charge in [-0.05, 0) is 30.7 Å². The van der Waals surface area contributed by atoms with Gasteiger partial charge in [-0.15, -0.1) is 0 Å². The number of carboxylic acid groups (broad SMARTS) is 1. The normalized spacial score (nSPS) is 13.2. The molecule has 5 nitrogen and oxygen atoms in total. The van der Waals surface area contributed by atoms with E-state index in [0.29, 0.717) is 12.8 Å². The van der Waals surface area contributed by atoms with Crippen LogP contribution in [0.3, 0.4) is 0 Å². The molecule has 1 aromatic carbocycles. The highest BCUT2D eigenvalue weighted by Gasteiger charge is 2.20. The van der Waals surface area contributed by atoms with Crippen LogP contribution in [0.2, 0.25) is 0 Å². The zero-order valence-electron chi connectivity index (χ0n) is 10.5. The number of sulfonamides is 1. The van der Waals surface area contributed by atoms with E-state index < -0.39 is 21.9 Å². The van der Waals surface area contributed by atoms with Crippen molar-refractivity contribution in [1.29, 1.82) is 0 Å². The van der Waals surface area contributed by atoms with Crippen LogP contribution in [0.1, 0.15) is 19.8 Å². The van der Waals surface area contributed by atoms with Gasteiger partial charge in [0.15, 0.2) is 0 Å². The molecule has 106 valence electrons. The summed E-state index contributed by atoms with van der Waals surface area (Å²) in [7, 11) is -3.66. The summed E-state index contributed by atoms with van der Waals surface area (Å²) in [5.74, 6) is -1.68. The molecule has 0 bridgehead atoms. The maximum atomic E-state index is 12.0. The van der Waals surface area contributed by atoms with Crippen LogP contribution in [0.4, 0.5) is 0 Å². The Bertz CT molecular complexity index is 527. The van der Waals surface area contributed by atoms with E-state index in [0.717, 1.165) is 4.47 Å². The van der Waals surface area contributed by atoms with Crippen LogP contribution >= 0.6 is 15.9 Å². The Morgan fingerprint density at radius 3 is 2.42 bits per heavy atom. The van der Waals surface area contributed by atoms with Crippen molar-refractivity contribution < 1.29 is 18.3 Å². The van der Waals surface area contributed by atoms with Gasteiger partial charge in [-0.1, -0.05) is 29.3 Å². The van der Waals surface area contributed by atoms with E-state index in [1.165, 1.54) is 12.1 Å². The summed E-state index contributed by atoms with van der Waals surface area (Å²) in [6.45, 7) is 1.76. The number of carbonyl (C=O) groups is 1. The topological polar surface area (TPSA) is 83.5 Å². The van der Waals surface area contributed by atoms with E-state index in [1.807, 2.05) is 6.92 Å². The zero-order chi connectivity index (χ0) is 14.5. The minimum Gasteiger partial charge on any atom is -0.481 e. The highest BCUT2D eigenvalue weighted by Crippen LogP contribution is 2.15. The second kappa shape index (κ2) is 7.02. The fourth-order valence-electron chi connectivity index (χ4n) is 1.57. The third kappa shape index (κ3) is 4.93. The molecule has 0 radical (unpaired) electrons. The van der Waals surface area contributed by atoms with Gasteiger partial charge >= 0.3 is 5.97 Å². The molecule has 0 spiro atoms. The third-order valence-corrected chi connectivity index (χ3v) is 4.60. The number of aliphatic carboxylic acids is 1. The number of halogens is 1. The van der Waals surface area contributed by atoms with E-state index in [-0.39, 0.29) is 11.4 Å².